The highest BCUT2D eigenvalue weighted by atomic mass is 79.9. The van der Waals surface area contributed by atoms with Gasteiger partial charge >= 0.3 is 0 Å². The fourth-order valence-electron chi connectivity index (χ4n) is 2.19. The zero-order chi connectivity index (χ0) is 15.4. The summed E-state index contributed by atoms with van der Waals surface area (Å²) in [6, 6.07) is 4.19. The molecule has 1 unspecified atom stereocenters. The Morgan fingerprint density at radius 1 is 1.52 bits per heavy atom. The van der Waals surface area contributed by atoms with Crippen LogP contribution in [0.25, 0.3) is 0 Å². The van der Waals surface area contributed by atoms with Gasteiger partial charge in [0.2, 0.25) is 0 Å². The van der Waals surface area contributed by atoms with E-state index in [4.69, 9.17) is 16.3 Å². The normalized spacial score (nSPS) is 12.6. The molecule has 1 aromatic carbocycles. The van der Waals surface area contributed by atoms with E-state index in [1.807, 2.05) is 11.7 Å². The highest BCUT2D eigenvalue weighted by Gasteiger charge is 2.22. The van der Waals surface area contributed by atoms with E-state index in [0.29, 0.717) is 18.2 Å². The first-order chi connectivity index (χ1) is 10.1. The van der Waals surface area contributed by atoms with Crippen molar-refractivity contribution in [3.63, 3.8) is 0 Å². The minimum absolute atomic E-state index is 0.202. The van der Waals surface area contributed by atoms with Crippen LogP contribution in [-0.4, -0.2) is 30.5 Å². The van der Waals surface area contributed by atoms with Crippen LogP contribution in [0.1, 0.15) is 17.3 Å². The van der Waals surface area contributed by atoms with Crippen molar-refractivity contribution in [2.75, 3.05) is 20.8 Å². The zero-order valence-corrected chi connectivity index (χ0v) is 14.1. The Bertz CT molecular complexity index is 620. The summed E-state index contributed by atoms with van der Waals surface area (Å²) in [5, 5.41) is 7.90. The van der Waals surface area contributed by atoms with Gasteiger partial charge in [-0.25, -0.2) is 4.39 Å². The third-order valence-electron chi connectivity index (χ3n) is 3.18. The third-order valence-corrected chi connectivity index (χ3v) is 4.11. The molecule has 0 amide bonds. The van der Waals surface area contributed by atoms with Gasteiger partial charge in [0.1, 0.15) is 5.82 Å². The van der Waals surface area contributed by atoms with Crippen molar-refractivity contribution >= 4 is 27.5 Å². The van der Waals surface area contributed by atoms with Crippen LogP contribution in [0.15, 0.2) is 28.9 Å². The molecule has 0 saturated carbocycles. The van der Waals surface area contributed by atoms with Gasteiger partial charge in [-0.3, -0.25) is 4.68 Å². The SMILES string of the molecule is CNC(c1ccc(F)cc1Cl)c1c(Br)cnn1CCOC. The van der Waals surface area contributed by atoms with Crippen molar-refractivity contribution in [2.45, 2.75) is 12.6 Å². The van der Waals surface area contributed by atoms with E-state index in [0.717, 1.165) is 15.7 Å². The molecule has 0 saturated heterocycles. The molecule has 2 rings (SSSR count). The fraction of sp³-hybridized carbons (Fsp3) is 0.357. The van der Waals surface area contributed by atoms with E-state index in [1.54, 1.807) is 19.4 Å². The van der Waals surface area contributed by atoms with Crippen molar-refractivity contribution < 1.29 is 9.13 Å². The Kier molecular flexibility index (Phi) is 5.75. The molecule has 0 bridgehead atoms. The molecule has 1 N–H and O–H groups in total. The molecule has 0 aliphatic heterocycles. The Balaban J connectivity index is 2.43. The maximum absolute atomic E-state index is 13.2. The summed E-state index contributed by atoms with van der Waals surface area (Å²) in [6.07, 6.45) is 1.73. The zero-order valence-electron chi connectivity index (χ0n) is 11.7. The van der Waals surface area contributed by atoms with Gasteiger partial charge in [0.15, 0.2) is 0 Å². The quantitative estimate of drug-likeness (QED) is 0.840. The molecule has 7 heteroatoms. The van der Waals surface area contributed by atoms with E-state index in [2.05, 4.69) is 26.3 Å². The van der Waals surface area contributed by atoms with E-state index in [-0.39, 0.29) is 11.9 Å². The molecule has 0 spiro atoms. The molecule has 0 aliphatic carbocycles. The lowest BCUT2D eigenvalue weighted by molar-refractivity contribution is 0.182. The number of nitrogens with zero attached hydrogens (tertiary/aromatic N) is 2. The summed E-state index contributed by atoms with van der Waals surface area (Å²) < 4.78 is 21.0. The predicted molar refractivity (Wildman–Crippen MR) is 84.1 cm³/mol. The molecule has 0 radical (unpaired) electrons. The first kappa shape index (κ1) is 16.4. The molecule has 4 nitrogen and oxygen atoms in total. The van der Waals surface area contributed by atoms with Gasteiger partial charge in [-0.15, -0.1) is 0 Å². The summed E-state index contributed by atoms with van der Waals surface area (Å²) in [5.74, 6) is -0.356. The van der Waals surface area contributed by atoms with Gasteiger partial charge < -0.3 is 10.1 Å². The van der Waals surface area contributed by atoms with Crippen molar-refractivity contribution in [2.24, 2.45) is 0 Å². The Morgan fingerprint density at radius 2 is 2.29 bits per heavy atom. The van der Waals surface area contributed by atoms with Crippen LogP contribution in [0.5, 0.6) is 0 Å². The third kappa shape index (κ3) is 3.63. The fourth-order valence-corrected chi connectivity index (χ4v) is 2.99. The van der Waals surface area contributed by atoms with Crippen molar-refractivity contribution in [3.8, 4) is 0 Å². The maximum atomic E-state index is 13.2. The van der Waals surface area contributed by atoms with Gasteiger partial charge in [0, 0.05) is 12.1 Å². The Morgan fingerprint density at radius 3 is 2.90 bits per heavy atom. The molecular formula is C14H16BrClFN3O. The predicted octanol–water partition coefficient (Wildman–Crippen LogP) is 3.39. The summed E-state index contributed by atoms with van der Waals surface area (Å²) in [6.45, 7) is 1.17. The number of hydrogen-bond acceptors (Lipinski definition) is 3. The average molecular weight is 377 g/mol. The average Bonchev–Trinajstić information content (AvgIpc) is 2.81. The van der Waals surface area contributed by atoms with E-state index in [1.165, 1.54) is 12.1 Å². The molecular weight excluding hydrogens is 361 g/mol. The van der Waals surface area contributed by atoms with Crippen molar-refractivity contribution in [1.29, 1.82) is 0 Å². The standard InChI is InChI=1S/C14H16BrClFN3O/c1-18-13(10-4-3-9(17)7-12(10)16)14-11(15)8-19-20(14)5-6-21-2/h3-4,7-8,13,18H,5-6H2,1-2H3. The van der Waals surface area contributed by atoms with Crippen LogP contribution in [0.2, 0.25) is 5.02 Å². The van der Waals surface area contributed by atoms with Gasteiger partial charge in [-0.2, -0.15) is 5.10 Å². The highest BCUT2D eigenvalue weighted by Crippen LogP contribution is 2.32. The molecule has 0 aliphatic rings. The maximum Gasteiger partial charge on any atom is 0.124 e. The number of hydrogen-bond donors (Lipinski definition) is 1. The lowest BCUT2D eigenvalue weighted by atomic mass is 10.0. The van der Waals surface area contributed by atoms with Gasteiger partial charge in [-0.1, -0.05) is 17.7 Å². The number of rotatable bonds is 6. The van der Waals surface area contributed by atoms with Gasteiger partial charge in [0.25, 0.3) is 0 Å². The Labute approximate surface area is 136 Å². The van der Waals surface area contributed by atoms with Crippen LogP contribution in [0.3, 0.4) is 0 Å². The molecule has 21 heavy (non-hydrogen) atoms. The topological polar surface area (TPSA) is 39.1 Å². The second-order valence-corrected chi connectivity index (χ2v) is 5.74. The molecule has 2 aromatic rings. The number of halogens is 3. The van der Waals surface area contributed by atoms with Crippen LogP contribution >= 0.6 is 27.5 Å². The molecule has 1 heterocycles. The summed E-state index contributed by atoms with van der Waals surface area (Å²) in [5.41, 5.74) is 1.71. The van der Waals surface area contributed by atoms with Crippen LogP contribution in [0, 0.1) is 5.82 Å². The summed E-state index contributed by atoms with van der Waals surface area (Å²) in [4.78, 5) is 0. The van der Waals surface area contributed by atoms with E-state index < -0.39 is 0 Å². The first-order valence-corrected chi connectivity index (χ1v) is 7.58. The minimum atomic E-state index is -0.356. The number of aromatic nitrogens is 2. The minimum Gasteiger partial charge on any atom is -0.383 e. The lowest BCUT2D eigenvalue weighted by Crippen LogP contribution is -2.23. The summed E-state index contributed by atoms with van der Waals surface area (Å²) in [7, 11) is 3.47. The number of nitrogens with one attached hydrogen (secondary N) is 1. The number of benzene rings is 1. The molecule has 1 aromatic heterocycles. The largest absolute Gasteiger partial charge is 0.383 e. The van der Waals surface area contributed by atoms with Crippen LogP contribution in [0.4, 0.5) is 4.39 Å². The molecule has 0 fully saturated rings. The van der Waals surface area contributed by atoms with Crippen LogP contribution < -0.4 is 5.32 Å². The second-order valence-electron chi connectivity index (χ2n) is 4.48. The van der Waals surface area contributed by atoms with E-state index in [9.17, 15) is 4.39 Å². The number of methoxy groups -OCH3 is 1. The highest BCUT2D eigenvalue weighted by molar-refractivity contribution is 9.10. The lowest BCUT2D eigenvalue weighted by Gasteiger charge is -2.20. The van der Waals surface area contributed by atoms with E-state index >= 15 is 0 Å². The molecule has 114 valence electrons. The first-order valence-electron chi connectivity index (χ1n) is 6.40. The van der Waals surface area contributed by atoms with Crippen LogP contribution in [-0.2, 0) is 11.3 Å². The monoisotopic (exact) mass is 375 g/mol. The number of ether oxygens (including phenoxy) is 1. The van der Waals surface area contributed by atoms with Gasteiger partial charge in [-0.05, 0) is 40.7 Å². The van der Waals surface area contributed by atoms with Crippen molar-refractivity contribution in [1.82, 2.24) is 15.1 Å². The second kappa shape index (κ2) is 7.35. The van der Waals surface area contributed by atoms with Gasteiger partial charge in [0.05, 0.1) is 35.6 Å². The summed E-state index contributed by atoms with van der Waals surface area (Å²) >= 11 is 9.68. The smallest absolute Gasteiger partial charge is 0.124 e. The molecule has 1 atom stereocenters. The Hall–Kier alpha value is -0.950. The van der Waals surface area contributed by atoms with Crippen molar-refractivity contribution in [3.05, 3.63) is 51.0 Å².